The fourth-order valence-corrected chi connectivity index (χ4v) is 2.00. The van der Waals surface area contributed by atoms with Gasteiger partial charge in [-0.1, -0.05) is 71.1 Å². The lowest BCUT2D eigenvalue weighted by Crippen LogP contribution is -2.13. The highest BCUT2D eigenvalue weighted by Gasteiger charge is 1.94. The van der Waals surface area contributed by atoms with Crippen LogP contribution in [0.4, 0.5) is 0 Å². The Morgan fingerprint density at radius 3 is 1.44 bits per heavy atom. The largest absolute Gasteiger partial charge is 0.314 e. The molecule has 0 saturated carbocycles. The van der Waals surface area contributed by atoms with E-state index in [9.17, 15) is 0 Å². The minimum Gasteiger partial charge on any atom is -0.314 e. The maximum absolute atomic E-state index is 8.93. The van der Waals surface area contributed by atoms with Gasteiger partial charge in [-0.2, -0.15) is 5.06 Å². The third-order valence-electron chi connectivity index (χ3n) is 3.09. The first-order chi connectivity index (χ1) is 7.77. The van der Waals surface area contributed by atoms with Crippen LogP contribution in [0.1, 0.15) is 77.6 Å². The molecule has 0 fully saturated rings. The lowest BCUT2D eigenvalue weighted by molar-refractivity contribution is -0.0655. The summed E-state index contributed by atoms with van der Waals surface area (Å²) in [6.45, 7) is 3.08. The normalized spacial score (nSPS) is 11.2. The molecule has 16 heavy (non-hydrogen) atoms. The molecule has 2 nitrogen and oxygen atoms in total. The van der Waals surface area contributed by atoms with E-state index in [-0.39, 0.29) is 0 Å². The zero-order valence-electron chi connectivity index (χ0n) is 11.4. The molecule has 0 aliphatic heterocycles. The zero-order valence-corrected chi connectivity index (χ0v) is 11.4. The van der Waals surface area contributed by atoms with Crippen LogP contribution in [0, 0.1) is 0 Å². The Labute approximate surface area is 102 Å². The van der Waals surface area contributed by atoms with E-state index in [2.05, 4.69) is 6.92 Å². The van der Waals surface area contributed by atoms with E-state index in [1.165, 1.54) is 69.3 Å². The number of nitrogens with zero attached hydrogens (tertiary/aromatic N) is 1. The highest BCUT2D eigenvalue weighted by Crippen LogP contribution is 2.11. The second kappa shape index (κ2) is 13.0. The monoisotopic (exact) mass is 229 g/mol. The van der Waals surface area contributed by atoms with Crippen LogP contribution in [0.15, 0.2) is 0 Å². The van der Waals surface area contributed by atoms with Crippen LogP contribution >= 0.6 is 0 Å². The van der Waals surface area contributed by atoms with Crippen molar-refractivity contribution in [3.05, 3.63) is 0 Å². The topological polar surface area (TPSA) is 23.5 Å². The summed E-state index contributed by atoms with van der Waals surface area (Å²) >= 11 is 0. The van der Waals surface area contributed by atoms with Crippen LogP contribution < -0.4 is 0 Å². The van der Waals surface area contributed by atoms with Crippen molar-refractivity contribution < 1.29 is 5.21 Å². The molecule has 2 heteroatoms. The van der Waals surface area contributed by atoms with Crippen LogP contribution in [0.5, 0.6) is 0 Å². The van der Waals surface area contributed by atoms with Gasteiger partial charge in [0.1, 0.15) is 0 Å². The minimum atomic E-state index is 0.816. The average Bonchev–Trinajstić information content (AvgIpc) is 2.25. The molecule has 0 atom stereocenters. The molecule has 0 unspecified atom stereocenters. The van der Waals surface area contributed by atoms with E-state index < -0.39 is 0 Å². The highest BCUT2D eigenvalue weighted by molar-refractivity contribution is 4.48. The van der Waals surface area contributed by atoms with Gasteiger partial charge in [0.15, 0.2) is 0 Å². The summed E-state index contributed by atoms with van der Waals surface area (Å²) in [5.41, 5.74) is 0. The molecule has 0 aliphatic carbocycles. The highest BCUT2D eigenvalue weighted by atomic mass is 16.5. The Balaban J connectivity index is 2.88. The number of rotatable bonds is 12. The Morgan fingerprint density at radius 2 is 1.06 bits per heavy atom. The summed E-state index contributed by atoms with van der Waals surface area (Å²) in [6.07, 6.45) is 15.0. The SMILES string of the molecule is CCCCCCCCCCCCCN(C)O. The fraction of sp³-hybridized carbons (Fsp3) is 1.00. The fourth-order valence-electron chi connectivity index (χ4n) is 2.00. The van der Waals surface area contributed by atoms with Gasteiger partial charge in [0.25, 0.3) is 0 Å². The van der Waals surface area contributed by atoms with Gasteiger partial charge in [-0.15, -0.1) is 0 Å². The molecule has 0 aliphatic rings. The molecule has 0 saturated heterocycles. The van der Waals surface area contributed by atoms with Crippen molar-refractivity contribution in [2.75, 3.05) is 13.6 Å². The first-order valence-electron chi connectivity index (χ1n) is 7.17. The zero-order chi connectivity index (χ0) is 12.1. The quantitative estimate of drug-likeness (QED) is 0.390. The van der Waals surface area contributed by atoms with Gasteiger partial charge in [-0.25, -0.2) is 0 Å². The molecule has 0 heterocycles. The molecule has 98 valence electrons. The summed E-state index contributed by atoms with van der Waals surface area (Å²) in [4.78, 5) is 0. The first-order valence-corrected chi connectivity index (χ1v) is 7.17. The first kappa shape index (κ1) is 15.9. The molecule has 0 aromatic carbocycles. The van der Waals surface area contributed by atoms with Crippen molar-refractivity contribution >= 4 is 0 Å². The maximum Gasteiger partial charge on any atom is 0.0235 e. The molecule has 0 spiro atoms. The molecule has 0 aromatic heterocycles. The second-order valence-electron chi connectivity index (χ2n) is 4.92. The van der Waals surface area contributed by atoms with Crippen molar-refractivity contribution in [1.82, 2.24) is 5.06 Å². The van der Waals surface area contributed by atoms with Crippen molar-refractivity contribution in [2.45, 2.75) is 77.6 Å². The summed E-state index contributed by atoms with van der Waals surface area (Å²) in [7, 11) is 1.72. The standard InChI is InChI=1S/C14H31NO/c1-3-4-5-6-7-8-9-10-11-12-13-14-15(2)16/h16H,3-14H2,1-2H3. The van der Waals surface area contributed by atoms with E-state index in [1.54, 1.807) is 7.05 Å². The van der Waals surface area contributed by atoms with Crippen LogP contribution in [0.3, 0.4) is 0 Å². The van der Waals surface area contributed by atoms with Gasteiger partial charge in [-0.05, 0) is 6.42 Å². The second-order valence-corrected chi connectivity index (χ2v) is 4.92. The summed E-state index contributed by atoms with van der Waals surface area (Å²) in [6, 6.07) is 0. The Bertz CT molecular complexity index is 126. The van der Waals surface area contributed by atoms with Gasteiger partial charge in [0.05, 0.1) is 0 Å². The van der Waals surface area contributed by atoms with E-state index >= 15 is 0 Å². The maximum atomic E-state index is 8.93. The number of hydroxylamine groups is 2. The smallest absolute Gasteiger partial charge is 0.0235 e. The van der Waals surface area contributed by atoms with Crippen LogP contribution in [-0.2, 0) is 0 Å². The molecule has 0 aromatic rings. The molecule has 0 rings (SSSR count). The number of hydrogen-bond acceptors (Lipinski definition) is 2. The molecule has 0 radical (unpaired) electrons. The van der Waals surface area contributed by atoms with Crippen molar-refractivity contribution in [3.63, 3.8) is 0 Å². The molecule has 0 amide bonds. The van der Waals surface area contributed by atoms with Crippen molar-refractivity contribution in [1.29, 1.82) is 0 Å². The lowest BCUT2D eigenvalue weighted by atomic mass is 10.1. The number of hydrogen-bond donors (Lipinski definition) is 1. The Kier molecular flexibility index (Phi) is 12.9. The van der Waals surface area contributed by atoms with Crippen molar-refractivity contribution in [2.24, 2.45) is 0 Å². The van der Waals surface area contributed by atoms with Crippen LogP contribution in [0.25, 0.3) is 0 Å². The van der Waals surface area contributed by atoms with Crippen molar-refractivity contribution in [3.8, 4) is 0 Å². The summed E-state index contributed by atoms with van der Waals surface area (Å²) in [5, 5.41) is 10.2. The number of unbranched alkanes of at least 4 members (excludes halogenated alkanes) is 10. The van der Waals surface area contributed by atoms with E-state index in [1.807, 2.05) is 0 Å². The lowest BCUT2D eigenvalue weighted by Gasteiger charge is -2.07. The Hall–Kier alpha value is -0.0800. The van der Waals surface area contributed by atoms with Gasteiger partial charge in [0.2, 0.25) is 0 Å². The molecule has 0 bridgehead atoms. The molecular weight excluding hydrogens is 198 g/mol. The predicted molar refractivity (Wildman–Crippen MR) is 70.9 cm³/mol. The minimum absolute atomic E-state index is 0.816. The molecule has 1 N–H and O–H groups in total. The van der Waals surface area contributed by atoms with E-state index in [0.717, 1.165) is 13.0 Å². The third kappa shape index (κ3) is 13.9. The van der Waals surface area contributed by atoms with Crippen LogP contribution in [-0.4, -0.2) is 23.9 Å². The average molecular weight is 229 g/mol. The Morgan fingerprint density at radius 1 is 0.688 bits per heavy atom. The van der Waals surface area contributed by atoms with Gasteiger partial charge in [-0.3, -0.25) is 0 Å². The van der Waals surface area contributed by atoms with E-state index in [0.29, 0.717) is 0 Å². The molecular formula is C14H31NO. The summed E-state index contributed by atoms with van der Waals surface area (Å²) < 4.78 is 0. The third-order valence-corrected chi connectivity index (χ3v) is 3.09. The van der Waals surface area contributed by atoms with E-state index in [4.69, 9.17) is 5.21 Å². The predicted octanol–water partition coefficient (Wildman–Crippen LogP) is 4.62. The summed E-state index contributed by atoms with van der Waals surface area (Å²) in [5.74, 6) is 0. The van der Waals surface area contributed by atoms with Gasteiger partial charge < -0.3 is 5.21 Å². The van der Waals surface area contributed by atoms with Gasteiger partial charge in [0, 0.05) is 13.6 Å². The van der Waals surface area contributed by atoms with Gasteiger partial charge >= 0.3 is 0 Å². The van der Waals surface area contributed by atoms with Crippen LogP contribution in [0.2, 0.25) is 0 Å².